The van der Waals surface area contributed by atoms with Crippen molar-refractivity contribution in [2.75, 3.05) is 7.11 Å². The maximum atomic E-state index is 12.4. The highest BCUT2D eigenvalue weighted by molar-refractivity contribution is 9.10. The third-order valence-electron chi connectivity index (χ3n) is 3.43. The molecular formula is C18H14BrNO2S. The Balaban J connectivity index is 2.02. The van der Waals surface area contributed by atoms with Crippen LogP contribution in [-0.4, -0.2) is 17.5 Å². The topological polar surface area (TPSA) is 38.7 Å². The number of rotatable bonds is 4. The largest absolute Gasteiger partial charge is 0.496 e. The van der Waals surface area contributed by atoms with Crippen LogP contribution in [0.1, 0.15) is 5.56 Å². The van der Waals surface area contributed by atoms with Gasteiger partial charge < -0.3 is 4.74 Å². The molecule has 0 spiro atoms. The summed E-state index contributed by atoms with van der Waals surface area (Å²) in [5.74, 6) is 0.707. The second kappa shape index (κ2) is 7.06. The zero-order valence-electron chi connectivity index (χ0n) is 12.4. The molecule has 0 N–H and O–H groups in total. The molecule has 0 aliphatic rings. The Kier molecular flexibility index (Phi) is 4.88. The molecule has 0 amide bonds. The van der Waals surface area contributed by atoms with Crippen LogP contribution in [0.5, 0.6) is 5.75 Å². The predicted octanol–water partition coefficient (Wildman–Crippen LogP) is 4.75. The van der Waals surface area contributed by atoms with Gasteiger partial charge in [-0.3, -0.25) is 0 Å². The minimum absolute atomic E-state index is 0.648. The second-order valence-electron chi connectivity index (χ2n) is 4.84. The minimum Gasteiger partial charge on any atom is -0.496 e. The van der Waals surface area contributed by atoms with Gasteiger partial charge in [0.2, 0.25) is 0 Å². The van der Waals surface area contributed by atoms with Gasteiger partial charge in [0, 0.05) is 16.3 Å². The van der Waals surface area contributed by atoms with E-state index in [1.807, 2.05) is 48.5 Å². The molecule has 0 saturated carbocycles. The molecule has 0 saturated heterocycles. The van der Waals surface area contributed by atoms with Crippen LogP contribution in [0.25, 0.3) is 10.8 Å². The van der Waals surface area contributed by atoms with Gasteiger partial charge in [-0.25, -0.2) is 4.21 Å². The van der Waals surface area contributed by atoms with Crippen LogP contribution < -0.4 is 4.74 Å². The van der Waals surface area contributed by atoms with Crippen molar-refractivity contribution in [2.24, 2.45) is 4.40 Å². The van der Waals surface area contributed by atoms with Gasteiger partial charge in [-0.15, -0.1) is 0 Å². The zero-order valence-corrected chi connectivity index (χ0v) is 14.8. The first-order chi connectivity index (χ1) is 11.2. The Hall–Kier alpha value is -1.98. The summed E-state index contributed by atoms with van der Waals surface area (Å²) >= 11 is 3.38. The van der Waals surface area contributed by atoms with E-state index >= 15 is 0 Å². The van der Waals surface area contributed by atoms with Crippen molar-refractivity contribution in [3.05, 3.63) is 70.7 Å². The fourth-order valence-electron chi connectivity index (χ4n) is 2.32. The Morgan fingerprint density at radius 1 is 1.09 bits per heavy atom. The molecule has 3 aromatic carbocycles. The first-order valence-electron chi connectivity index (χ1n) is 6.96. The molecule has 3 aromatic rings. The van der Waals surface area contributed by atoms with Crippen molar-refractivity contribution in [2.45, 2.75) is 4.90 Å². The molecule has 0 aromatic heterocycles. The molecule has 0 fully saturated rings. The average Bonchev–Trinajstić information content (AvgIpc) is 2.59. The summed E-state index contributed by atoms with van der Waals surface area (Å²) in [7, 11) is 0.154. The number of ether oxygens (including phenoxy) is 1. The molecule has 116 valence electrons. The fourth-order valence-corrected chi connectivity index (χ4v) is 3.62. The van der Waals surface area contributed by atoms with E-state index in [2.05, 4.69) is 20.3 Å². The summed E-state index contributed by atoms with van der Waals surface area (Å²) in [6, 6.07) is 19.2. The van der Waals surface area contributed by atoms with E-state index in [-0.39, 0.29) is 0 Å². The summed E-state index contributed by atoms with van der Waals surface area (Å²) in [6.45, 7) is 0. The number of hydrogen-bond donors (Lipinski definition) is 0. The number of halogens is 1. The summed E-state index contributed by atoms with van der Waals surface area (Å²) in [4.78, 5) is 0.648. The SMILES string of the molecule is COc1ccc2ccccc2c1/C=N/S(=O)c1cccc(Br)c1. The van der Waals surface area contributed by atoms with E-state index < -0.39 is 11.0 Å². The quantitative estimate of drug-likeness (QED) is 0.605. The van der Waals surface area contributed by atoms with Gasteiger partial charge in [-0.2, -0.15) is 4.40 Å². The van der Waals surface area contributed by atoms with Gasteiger partial charge in [0.25, 0.3) is 0 Å². The number of fused-ring (bicyclic) bond motifs is 1. The van der Waals surface area contributed by atoms with Crippen LogP contribution in [0.2, 0.25) is 0 Å². The minimum atomic E-state index is -1.46. The average molecular weight is 388 g/mol. The van der Waals surface area contributed by atoms with Crippen molar-refractivity contribution < 1.29 is 8.95 Å². The lowest BCUT2D eigenvalue weighted by molar-refractivity contribution is 0.415. The standard InChI is InChI=1S/C18H14BrNO2S/c1-22-18-10-9-13-5-2-3-8-16(13)17(18)12-20-23(21)15-7-4-6-14(19)11-15/h2-12H,1H3/b20-12+. The molecule has 3 rings (SSSR count). The molecule has 1 unspecified atom stereocenters. The van der Waals surface area contributed by atoms with Gasteiger partial charge in [-0.1, -0.05) is 52.3 Å². The summed E-state index contributed by atoms with van der Waals surface area (Å²) < 4.78 is 22.9. The van der Waals surface area contributed by atoms with Crippen LogP contribution in [0.3, 0.4) is 0 Å². The molecule has 5 heteroatoms. The van der Waals surface area contributed by atoms with Crippen LogP contribution >= 0.6 is 15.9 Å². The lowest BCUT2D eigenvalue weighted by atomic mass is 10.0. The number of benzene rings is 3. The van der Waals surface area contributed by atoms with Crippen molar-refractivity contribution in [3.63, 3.8) is 0 Å². The lowest BCUT2D eigenvalue weighted by Crippen LogP contribution is -1.94. The van der Waals surface area contributed by atoms with Gasteiger partial charge >= 0.3 is 0 Å². The first kappa shape index (κ1) is 15.9. The predicted molar refractivity (Wildman–Crippen MR) is 98.6 cm³/mol. The summed E-state index contributed by atoms with van der Waals surface area (Å²) in [5.41, 5.74) is 0.828. The highest BCUT2D eigenvalue weighted by Crippen LogP contribution is 2.26. The zero-order chi connectivity index (χ0) is 16.2. The highest BCUT2D eigenvalue weighted by Gasteiger charge is 2.07. The maximum Gasteiger partial charge on any atom is 0.172 e. The van der Waals surface area contributed by atoms with Crippen molar-refractivity contribution in [1.82, 2.24) is 0 Å². The molecular weight excluding hydrogens is 374 g/mol. The molecule has 1 atom stereocenters. The van der Waals surface area contributed by atoms with E-state index in [9.17, 15) is 4.21 Å². The van der Waals surface area contributed by atoms with Crippen molar-refractivity contribution >= 4 is 43.9 Å². The van der Waals surface area contributed by atoms with Gasteiger partial charge in [0.1, 0.15) is 5.75 Å². The van der Waals surface area contributed by atoms with E-state index in [1.165, 1.54) is 0 Å². The number of nitrogens with zero attached hydrogens (tertiary/aromatic N) is 1. The molecule has 0 heterocycles. The summed E-state index contributed by atoms with van der Waals surface area (Å²) in [5, 5.41) is 2.10. The monoisotopic (exact) mass is 387 g/mol. The Labute approximate surface area is 145 Å². The Morgan fingerprint density at radius 2 is 1.91 bits per heavy atom. The lowest BCUT2D eigenvalue weighted by Gasteiger charge is -2.08. The van der Waals surface area contributed by atoms with Crippen molar-refractivity contribution in [1.29, 1.82) is 0 Å². The van der Waals surface area contributed by atoms with Crippen molar-refractivity contribution in [3.8, 4) is 5.75 Å². The number of methoxy groups -OCH3 is 1. The van der Waals surface area contributed by atoms with Crippen LogP contribution in [-0.2, 0) is 11.0 Å². The number of hydrogen-bond acceptors (Lipinski definition) is 2. The molecule has 3 nitrogen and oxygen atoms in total. The van der Waals surface area contributed by atoms with E-state index in [1.54, 1.807) is 25.5 Å². The molecule has 0 bridgehead atoms. The van der Waals surface area contributed by atoms with Crippen LogP contribution in [0.15, 0.2) is 74.4 Å². The van der Waals surface area contributed by atoms with Gasteiger partial charge in [0.05, 0.1) is 12.0 Å². The molecule has 23 heavy (non-hydrogen) atoms. The normalized spacial score (nSPS) is 12.6. The Morgan fingerprint density at radius 3 is 2.70 bits per heavy atom. The molecule has 0 radical (unpaired) electrons. The van der Waals surface area contributed by atoms with E-state index in [0.717, 1.165) is 20.8 Å². The maximum absolute atomic E-state index is 12.4. The highest BCUT2D eigenvalue weighted by atomic mass is 79.9. The first-order valence-corrected chi connectivity index (χ1v) is 8.86. The van der Waals surface area contributed by atoms with E-state index in [0.29, 0.717) is 10.6 Å². The van der Waals surface area contributed by atoms with E-state index in [4.69, 9.17) is 4.74 Å². The third kappa shape index (κ3) is 3.51. The summed E-state index contributed by atoms with van der Waals surface area (Å²) in [6.07, 6.45) is 1.62. The van der Waals surface area contributed by atoms with Gasteiger partial charge in [0.15, 0.2) is 11.0 Å². The molecule has 0 aliphatic carbocycles. The fraction of sp³-hybridized carbons (Fsp3) is 0.0556. The van der Waals surface area contributed by atoms with Gasteiger partial charge in [-0.05, 0) is 35.0 Å². The second-order valence-corrected chi connectivity index (χ2v) is 6.94. The smallest absolute Gasteiger partial charge is 0.172 e. The Bertz CT molecular complexity index is 908. The van der Waals surface area contributed by atoms with Crippen LogP contribution in [0.4, 0.5) is 0 Å². The van der Waals surface area contributed by atoms with Crippen LogP contribution in [0, 0.1) is 0 Å². The molecule has 0 aliphatic heterocycles. The third-order valence-corrected chi connectivity index (χ3v) is 4.87.